The first-order chi connectivity index (χ1) is 9.60. The summed E-state index contributed by atoms with van der Waals surface area (Å²) in [5.74, 6) is -0.450. The van der Waals surface area contributed by atoms with E-state index < -0.39 is 5.82 Å². The van der Waals surface area contributed by atoms with Crippen LogP contribution in [0, 0.1) is 5.82 Å². The molecule has 0 heterocycles. The van der Waals surface area contributed by atoms with Gasteiger partial charge in [0.1, 0.15) is 5.82 Å². The van der Waals surface area contributed by atoms with Crippen LogP contribution in [0.3, 0.4) is 0 Å². The minimum Gasteiger partial charge on any atom is -0.380 e. The van der Waals surface area contributed by atoms with Crippen LogP contribution < -0.4 is 5.32 Å². The van der Waals surface area contributed by atoms with E-state index >= 15 is 0 Å². The fourth-order valence-electron chi connectivity index (χ4n) is 1.82. The molecule has 2 aromatic carbocycles. The normalized spacial score (nSPS) is 10.6. The molecule has 0 saturated carbocycles. The zero-order valence-electron chi connectivity index (χ0n) is 10.9. The van der Waals surface area contributed by atoms with Crippen molar-refractivity contribution in [2.75, 3.05) is 12.4 Å². The molecule has 2 nitrogen and oxygen atoms in total. The highest BCUT2D eigenvalue weighted by Crippen LogP contribution is 2.31. The van der Waals surface area contributed by atoms with Crippen molar-refractivity contribution < 1.29 is 9.13 Å². The van der Waals surface area contributed by atoms with Crippen LogP contribution >= 0.6 is 23.2 Å². The quantitative estimate of drug-likeness (QED) is 0.848. The monoisotopic (exact) mass is 313 g/mol. The summed E-state index contributed by atoms with van der Waals surface area (Å²) in [6, 6.07) is 10.4. The summed E-state index contributed by atoms with van der Waals surface area (Å²) in [5.41, 5.74) is 2.71. The van der Waals surface area contributed by atoms with Crippen molar-refractivity contribution in [3.63, 3.8) is 0 Å². The maximum Gasteiger partial charge on any atom is 0.126 e. The molecule has 5 heteroatoms. The van der Waals surface area contributed by atoms with E-state index in [0.717, 1.165) is 11.1 Å². The summed E-state index contributed by atoms with van der Waals surface area (Å²) >= 11 is 11.9. The number of halogens is 3. The van der Waals surface area contributed by atoms with Crippen LogP contribution in [-0.2, 0) is 17.9 Å². The van der Waals surface area contributed by atoms with E-state index in [1.165, 1.54) is 12.1 Å². The third-order valence-electron chi connectivity index (χ3n) is 2.81. The molecule has 0 atom stereocenters. The lowest BCUT2D eigenvalue weighted by molar-refractivity contribution is 0.185. The predicted molar refractivity (Wildman–Crippen MR) is 80.9 cm³/mol. The van der Waals surface area contributed by atoms with Crippen LogP contribution in [0.5, 0.6) is 0 Å². The van der Waals surface area contributed by atoms with E-state index in [-0.39, 0.29) is 10.0 Å². The largest absolute Gasteiger partial charge is 0.380 e. The molecule has 2 rings (SSSR count). The summed E-state index contributed by atoms with van der Waals surface area (Å²) in [5, 5.41) is 3.65. The zero-order chi connectivity index (χ0) is 14.5. The number of anilines is 1. The molecule has 0 saturated heterocycles. The Morgan fingerprint density at radius 1 is 1.05 bits per heavy atom. The van der Waals surface area contributed by atoms with Crippen LogP contribution in [0.15, 0.2) is 36.4 Å². The molecule has 0 aliphatic heterocycles. The van der Waals surface area contributed by atoms with Gasteiger partial charge in [-0.25, -0.2) is 4.39 Å². The van der Waals surface area contributed by atoms with Gasteiger partial charge in [0.05, 0.1) is 22.3 Å². The first-order valence-electron chi connectivity index (χ1n) is 6.05. The molecule has 0 bridgehead atoms. The Kier molecular flexibility index (Phi) is 5.24. The molecule has 0 unspecified atom stereocenters. The molecule has 0 spiro atoms. The number of hydrogen-bond donors (Lipinski definition) is 1. The molecule has 0 radical (unpaired) electrons. The van der Waals surface area contributed by atoms with Crippen molar-refractivity contribution in [3.8, 4) is 0 Å². The number of rotatable bonds is 5. The van der Waals surface area contributed by atoms with Gasteiger partial charge < -0.3 is 10.1 Å². The third kappa shape index (κ3) is 3.85. The molecule has 0 fully saturated rings. The molecule has 2 aromatic rings. The van der Waals surface area contributed by atoms with Crippen molar-refractivity contribution in [2.24, 2.45) is 0 Å². The average molecular weight is 314 g/mol. The number of nitrogens with one attached hydrogen (secondary N) is 1. The van der Waals surface area contributed by atoms with E-state index in [1.54, 1.807) is 7.11 Å². The van der Waals surface area contributed by atoms with Crippen molar-refractivity contribution in [3.05, 3.63) is 63.4 Å². The highest BCUT2D eigenvalue weighted by Gasteiger charge is 2.08. The fourth-order valence-corrected chi connectivity index (χ4v) is 2.42. The van der Waals surface area contributed by atoms with Gasteiger partial charge in [-0.3, -0.25) is 0 Å². The topological polar surface area (TPSA) is 21.3 Å². The molecular formula is C15H14Cl2FNO. The Bertz CT molecular complexity index is 564. The first-order valence-corrected chi connectivity index (χ1v) is 6.81. The molecule has 1 N–H and O–H groups in total. The Hall–Kier alpha value is -1.29. The lowest BCUT2D eigenvalue weighted by Gasteiger charge is -2.11. The van der Waals surface area contributed by atoms with E-state index in [0.29, 0.717) is 18.8 Å². The summed E-state index contributed by atoms with van der Waals surface area (Å²) in [6.45, 7) is 1.14. The molecule has 0 aliphatic rings. The Balaban J connectivity index is 2.05. The van der Waals surface area contributed by atoms with Crippen molar-refractivity contribution in [1.82, 2.24) is 0 Å². The SMILES string of the molecule is COCc1ccc(CNc2c(Cl)cc(F)cc2Cl)cc1. The van der Waals surface area contributed by atoms with E-state index in [2.05, 4.69) is 5.32 Å². The van der Waals surface area contributed by atoms with Gasteiger partial charge in [0.2, 0.25) is 0 Å². The smallest absolute Gasteiger partial charge is 0.126 e. The van der Waals surface area contributed by atoms with Crippen LogP contribution in [0.2, 0.25) is 10.0 Å². The highest BCUT2D eigenvalue weighted by atomic mass is 35.5. The third-order valence-corrected chi connectivity index (χ3v) is 3.41. The Morgan fingerprint density at radius 2 is 1.60 bits per heavy atom. The van der Waals surface area contributed by atoms with Gasteiger partial charge in [-0.05, 0) is 23.3 Å². The second kappa shape index (κ2) is 6.93. The average Bonchev–Trinajstić information content (AvgIpc) is 2.39. The summed E-state index contributed by atoms with van der Waals surface area (Å²) in [4.78, 5) is 0. The van der Waals surface area contributed by atoms with E-state index in [9.17, 15) is 4.39 Å². The number of benzene rings is 2. The standard InChI is InChI=1S/C15H14Cl2FNO/c1-20-9-11-4-2-10(3-5-11)8-19-15-13(16)6-12(18)7-14(15)17/h2-7,19H,8-9H2,1H3. The fraction of sp³-hybridized carbons (Fsp3) is 0.200. The summed E-state index contributed by atoms with van der Waals surface area (Å²) < 4.78 is 18.1. The molecule has 0 aliphatic carbocycles. The summed E-state index contributed by atoms with van der Waals surface area (Å²) in [7, 11) is 1.66. The lowest BCUT2D eigenvalue weighted by atomic mass is 10.1. The maximum absolute atomic E-state index is 13.1. The van der Waals surface area contributed by atoms with Gasteiger partial charge in [0.25, 0.3) is 0 Å². The zero-order valence-corrected chi connectivity index (χ0v) is 12.4. The maximum atomic E-state index is 13.1. The summed E-state index contributed by atoms with van der Waals surface area (Å²) in [6.07, 6.45) is 0. The van der Waals surface area contributed by atoms with Gasteiger partial charge in [0, 0.05) is 13.7 Å². The predicted octanol–water partition coefficient (Wildman–Crippen LogP) is 4.89. The van der Waals surface area contributed by atoms with Crippen LogP contribution in [-0.4, -0.2) is 7.11 Å². The van der Waals surface area contributed by atoms with Gasteiger partial charge in [-0.2, -0.15) is 0 Å². The minimum atomic E-state index is -0.450. The van der Waals surface area contributed by atoms with E-state index in [1.807, 2.05) is 24.3 Å². The van der Waals surface area contributed by atoms with Crippen molar-refractivity contribution in [2.45, 2.75) is 13.2 Å². The van der Waals surface area contributed by atoms with E-state index in [4.69, 9.17) is 27.9 Å². The number of hydrogen-bond acceptors (Lipinski definition) is 2. The molecular weight excluding hydrogens is 300 g/mol. The van der Waals surface area contributed by atoms with Gasteiger partial charge in [0.15, 0.2) is 0 Å². The molecule has 106 valence electrons. The van der Waals surface area contributed by atoms with Crippen molar-refractivity contribution >= 4 is 28.9 Å². The minimum absolute atomic E-state index is 0.269. The Labute approximate surface area is 127 Å². The molecule has 0 amide bonds. The highest BCUT2D eigenvalue weighted by molar-refractivity contribution is 6.39. The van der Waals surface area contributed by atoms with Crippen LogP contribution in [0.1, 0.15) is 11.1 Å². The second-order valence-corrected chi connectivity index (χ2v) is 5.16. The first kappa shape index (κ1) is 15.1. The van der Waals surface area contributed by atoms with Gasteiger partial charge >= 0.3 is 0 Å². The second-order valence-electron chi connectivity index (χ2n) is 4.35. The van der Waals surface area contributed by atoms with Crippen LogP contribution in [0.25, 0.3) is 0 Å². The Morgan fingerprint density at radius 3 is 2.15 bits per heavy atom. The number of ether oxygens (including phenoxy) is 1. The lowest BCUT2D eigenvalue weighted by Crippen LogP contribution is -2.01. The number of methoxy groups -OCH3 is 1. The van der Waals surface area contributed by atoms with Gasteiger partial charge in [-0.1, -0.05) is 47.5 Å². The van der Waals surface area contributed by atoms with Gasteiger partial charge in [-0.15, -0.1) is 0 Å². The van der Waals surface area contributed by atoms with Crippen LogP contribution in [0.4, 0.5) is 10.1 Å². The molecule has 20 heavy (non-hydrogen) atoms. The van der Waals surface area contributed by atoms with Crippen molar-refractivity contribution in [1.29, 1.82) is 0 Å². The molecule has 0 aromatic heterocycles.